The largest absolute Gasteiger partial charge is 0.370 e. The Morgan fingerprint density at radius 3 is 1.27 bits per heavy atom. The summed E-state index contributed by atoms with van der Waals surface area (Å²) in [5.74, 6) is 3.00. The molecule has 2 aromatic rings. The lowest BCUT2D eigenvalue weighted by molar-refractivity contribution is -0.130. The molecule has 18 nitrogen and oxygen atoms in total. The summed E-state index contributed by atoms with van der Waals surface area (Å²) < 4.78 is 0. The number of rotatable bonds is 32. The van der Waals surface area contributed by atoms with Crippen LogP contribution in [0.15, 0.2) is 107 Å². The molecule has 0 bridgehead atoms. The van der Waals surface area contributed by atoms with Crippen molar-refractivity contribution < 1.29 is 38.4 Å². The molecular weight excluding hydrogens is 1420 g/mol. The maximum Gasteiger partial charge on any atom is 0.253 e. The Labute approximate surface area is 699 Å². The smallest absolute Gasteiger partial charge is 0.253 e. The number of aliphatic imine (C=N–C) groups is 2. The molecule has 1 heterocycles. The van der Waals surface area contributed by atoms with Crippen LogP contribution >= 0.6 is 0 Å². The standard InChI is InChI=1S/C17H26O.C14H26O.C12H22O.C11H24N4O.C11H20O.C10H22N4O.C10H14N2O.C10H18O.CH4/c1-12(2)11-14-7-9-15(10-8-14)13(3)16(18)17(4,5)6;1-7-8-9-10-14(5,6)12(15)11-13(2,3)4;1-6-7-8-9-12(4,5)11(13)10(2)3;1-8(16)9(12)6-5-7-14-10(13)15-11(2,3)4;1-5-6-7-8-10(12)9-11(2,3)4;1-10(2,3)8(15)7(11)5-4-6-14-9(12)13;1-10(2,3)12-9(13)8-5-4-6-11-7-8;1-5-6-7-8-9(11)10(2,3)4;/h7-10,12-13H,11H2,1-6H3;8-9H,7,10-11H2,1-6H3;7-8,10H,6,9H2,1-5H3;9H,5-7,12H2,1-4H3,(H3,13,14,15);6-7H,5,8-9H2,1-4H3;7H,4-6,11H2,1-3H3,(H4,12,13,14);4-7H,1-3H3,(H,12,13);6-7H,5,8H2,1-4H3;1H4/b;9-8-;8-7-;;7-6-;;;7-6-;/t;;;9-;;7-;;;/m...0.0.../s1. The summed E-state index contributed by atoms with van der Waals surface area (Å²) in [5, 5.41) is 5.92. The third kappa shape index (κ3) is 72.6. The van der Waals surface area contributed by atoms with Crippen LogP contribution in [0.1, 0.15) is 367 Å². The number of nitrogens with zero attached hydrogens (tertiary/aromatic N) is 3. The van der Waals surface area contributed by atoms with E-state index in [4.69, 9.17) is 28.7 Å². The van der Waals surface area contributed by atoms with Crippen LogP contribution in [0.2, 0.25) is 0 Å². The highest BCUT2D eigenvalue weighted by Crippen LogP contribution is 2.31. The maximum absolute atomic E-state index is 12.2. The Morgan fingerprint density at radius 2 is 0.904 bits per heavy atom. The number of hydrogen-bond acceptors (Lipinski definition) is 13. The number of aromatic nitrogens is 1. The van der Waals surface area contributed by atoms with E-state index in [0.717, 1.165) is 63.4 Å². The number of carbonyl (C=O) groups is 8. The number of benzene rings is 1. The van der Waals surface area contributed by atoms with Crippen molar-refractivity contribution >= 4 is 58.3 Å². The van der Waals surface area contributed by atoms with Crippen molar-refractivity contribution in [2.75, 3.05) is 13.1 Å². The minimum Gasteiger partial charge on any atom is -0.370 e. The summed E-state index contributed by atoms with van der Waals surface area (Å²) in [4.78, 5) is 104. The number of amides is 1. The van der Waals surface area contributed by atoms with Gasteiger partial charge in [-0.2, -0.15) is 0 Å². The van der Waals surface area contributed by atoms with E-state index in [-0.39, 0.29) is 97.7 Å². The van der Waals surface area contributed by atoms with Gasteiger partial charge in [-0.25, -0.2) is 0 Å². The van der Waals surface area contributed by atoms with E-state index in [2.05, 4.69) is 157 Å². The molecule has 1 aromatic heterocycles. The number of hydrogen-bond donors (Lipinski definition) is 7. The van der Waals surface area contributed by atoms with Crippen molar-refractivity contribution in [1.29, 1.82) is 0 Å². The zero-order valence-electron chi connectivity index (χ0n) is 78.6. The van der Waals surface area contributed by atoms with Crippen LogP contribution in [0.5, 0.6) is 0 Å². The molecule has 3 atom stereocenters. The number of carbonyl (C=O) groups excluding carboxylic acids is 8. The SMILES string of the molecule is C.CC(=O)[C@@H](N)CCCN=C(N)NC(C)(C)C.CC(C)(C)C(=O)[C@@H](N)CCCN=C(N)N.CC(C)(C)NC(=O)c1cccnc1.CC(C)Cc1ccc(C(C)C(=O)C(C)(C)C)cc1.CC/C=C\CC(=O)C(C)(C)C.CC/C=C\CC(=O)CC(C)(C)C.CC/C=C\CC(C)(C)C(=O)C(C)C.CC/C=C\CC(C)(C)C(=O)CC(C)(C)C. The summed E-state index contributed by atoms with van der Waals surface area (Å²) >= 11 is 0. The Bertz CT molecular complexity index is 3170. The number of pyridine rings is 1. The second-order valence-corrected chi connectivity index (χ2v) is 39.0. The number of guanidine groups is 2. The minimum atomic E-state index is -0.417. The Morgan fingerprint density at radius 1 is 0.482 bits per heavy atom. The first-order valence-electron chi connectivity index (χ1n) is 41.5. The van der Waals surface area contributed by atoms with Gasteiger partial charge in [0.2, 0.25) is 0 Å². The molecule has 2 rings (SSSR count). The fraction of sp³-hybridized carbons (Fsp3) is 0.698. The quantitative estimate of drug-likeness (QED) is 0.0155. The third-order valence-corrected chi connectivity index (χ3v) is 16.4. The zero-order chi connectivity index (χ0) is 89.8. The van der Waals surface area contributed by atoms with Crippen LogP contribution in [0.3, 0.4) is 0 Å². The Hall–Kier alpha value is -7.05. The molecule has 0 aliphatic carbocycles. The fourth-order valence-corrected chi connectivity index (χ4v) is 9.98. The van der Waals surface area contributed by atoms with Crippen molar-refractivity contribution in [3.05, 3.63) is 114 Å². The summed E-state index contributed by atoms with van der Waals surface area (Å²) in [7, 11) is 0. The lowest BCUT2D eigenvalue weighted by Gasteiger charge is -2.26. The van der Waals surface area contributed by atoms with Crippen LogP contribution in [0.4, 0.5) is 0 Å². The average molecular weight is 1600 g/mol. The molecule has 1 unspecified atom stereocenters. The maximum atomic E-state index is 12.2. The predicted molar refractivity (Wildman–Crippen MR) is 492 cm³/mol. The number of Topliss-reactive ketones (excluding diaryl/α,β-unsaturated/α-hetero) is 7. The van der Waals surface area contributed by atoms with Crippen LogP contribution in [-0.4, -0.2) is 99.5 Å². The molecule has 18 heteroatoms. The normalized spacial score (nSPS) is 13.0. The third-order valence-electron chi connectivity index (χ3n) is 16.4. The average Bonchev–Trinajstić information content (AvgIpc) is 0.840. The van der Waals surface area contributed by atoms with Gasteiger partial charge in [0.15, 0.2) is 17.7 Å². The van der Waals surface area contributed by atoms with Gasteiger partial charge in [-0.1, -0.05) is 274 Å². The van der Waals surface area contributed by atoms with Crippen molar-refractivity contribution in [3.63, 3.8) is 0 Å². The topological polar surface area (TPSA) is 328 Å². The van der Waals surface area contributed by atoms with Crippen LogP contribution in [-0.2, 0) is 40.0 Å². The lowest BCUT2D eigenvalue weighted by Crippen LogP contribution is -2.45. The molecule has 0 aliphatic heterocycles. The molecule has 0 saturated carbocycles. The van der Waals surface area contributed by atoms with E-state index in [0.29, 0.717) is 98.0 Å². The Kier molecular flexibility index (Phi) is 63.7. The van der Waals surface area contributed by atoms with Gasteiger partial charge >= 0.3 is 0 Å². The van der Waals surface area contributed by atoms with Crippen LogP contribution < -0.4 is 39.3 Å². The molecule has 658 valence electrons. The van der Waals surface area contributed by atoms with E-state index < -0.39 is 6.04 Å². The number of nitrogens with two attached hydrogens (primary N) is 5. The summed E-state index contributed by atoms with van der Waals surface area (Å²) in [6, 6.07) is 11.2. The first-order chi connectivity index (χ1) is 51.2. The lowest BCUT2D eigenvalue weighted by atomic mass is 9.77. The van der Waals surface area contributed by atoms with Gasteiger partial charge in [0.25, 0.3) is 5.91 Å². The summed E-state index contributed by atoms with van der Waals surface area (Å²) in [6.07, 6.45) is 31.9. The summed E-state index contributed by atoms with van der Waals surface area (Å²) in [5.41, 5.74) is 29.2. The highest BCUT2D eigenvalue weighted by Gasteiger charge is 2.31. The van der Waals surface area contributed by atoms with Crippen molar-refractivity contribution in [2.45, 2.75) is 375 Å². The minimum absolute atomic E-state index is 0. The highest BCUT2D eigenvalue weighted by atomic mass is 16.2. The van der Waals surface area contributed by atoms with E-state index in [1.54, 1.807) is 24.5 Å². The predicted octanol–water partition coefficient (Wildman–Crippen LogP) is 21.5. The fourth-order valence-electron chi connectivity index (χ4n) is 9.98. The number of ketones is 7. The van der Waals surface area contributed by atoms with Crippen molar-refractivity contribution in [3.8, 4) is 0 Å². The molecule has 0 saturated heterocycles. The monoisotopic (exact) mass is 1600 g/mol. The van der Waals surface area contributed by atoms with Gasteiger partial charge in [0, 0.05) is 101 Å². The van der Waals surface area contributed by atoms with Crippen molar-refractivity contribution in [2.24, 2.45) is 88.4 Å². The van der Waals surface area contributed by atoms with Gasteiger partial charge in [-0.15, -0.1) is 0 Å². The highest BCUT2D eigenvalue weighted by molar-refractivity contribution is 5.94. The van der Waals surface area contributed by atoms with Gasteiger partial charge in [0.05, 0.1) is 17.6 Å². The molecule has 1 amide bonds. The number of allylic oxidation sites excluding steroid dienone is 8. The van der Waals surface area contributed by atoms with E-state index in [1.165, 1.54) is 12.5 Å². The van der Waals surface area contributed by atoms with Gasteiger partial charge < -0.3 is 39.3 Å². The molecular formula is C96H176N10O8. The molecule has 114 heavy (non-hydrogen) atoms. The van der Waals surface area contributed by atoms with Gasteiger partial charge in [-0.05, 0) is 159 Å². The zero-order valence-corrected chi connectivity index (χ0v) is 78.6. The van der Waals surface area contributed by atoms with E-state index in [9.17, 15) is 38.4 Å². The summed E-state index contributed by atoms with van der Waals surface area (Å²) in [6.45, 7) is 71.4. The molecule has 0 radical (unpaired) electrons. The first kappa shape index (κ1) is 120. The van der Waals surface area contributed by atoms with Crippen molar-refractivity contribution in [1.82, 2.24) is 15.6 Å². The molecule has 12 N–H and O–H groups in total. The molecule has 0 spiro atoms. The van der Waals surface area contributed by atoms with Gasteiger partial charge in [-0.3, -0.25) is 53.3 Å². The van der Waals surface area contributed by atoms with E-state index >= 15 is 0 Å². The molecule has 0 fully saturated rings. The van der Waals surface area contributed by atoms with Crippen LogP contribution in [0, 0.1) is 49.7 Å². The van der Waals surface area contributed by atoms with E-state index in [1.807, 2.05) is 177 Å². The second kappa shape index (κ2) is 60.4. The first-order valence-corrected chi connectivity index (χ1v) is 41.5. The molecule has 1 aromatic carbocycles. The van der Waals surface area contributed by atoms with Crippen LogP contribution in [0.25, 0.3) is 0 Å². The molecule has 0 aliphatic rings. The van der Waals surface area contributed by atoms with Gasteiger partial charge in [0.1, 0.15) is 34.7 Å². The number of nitrogens with one attached hydrogen (secondary N) is 2. The Balaban J connectivity index is -0.000000230. The second-order valence-electron chi connectivity index (χ2n) is 39.0.